The Balaban J connectivity index is 2.29. The van der Waals surface area contributed by atoms with E-state index in [4.69, 9.17) is 4.74 Å². The minimum absolute atomic E-state index is 0.0104. The number of benzene rings is 1. The van der Waals surface area contributed by atoms with Crippen LogP contribution in [0.2, 0.25) is 0 Å². The van der Waals surface area contributed by atoms with Crippen molar-refractivity contribution in [3.05, 3.63) is 35.9 Å². The van der Waals surface area contributed by atoms with E-state index in [1.807, 2.05) is 30.3 Å². The Kier molecular flexibility index (Phi) is 5.62. The van der Waals surface area contributed by atoms with E-state index in [0.717, 1.165) is 5.56 Å². The van der Waals surface area contributed by atoms with Gasteiger partial charge in [0.25, 0.3) is 0 Å². The largest absolute Gasteiger partial charge is 0.395 e. The van der Waals surface area contributed by atoms with E-state index in [2.05, 4.69) is 26.1 Å². The molecule has 3 nitrogen and oxygen atoms in total. The summed E-state index contributed by atoms with van der Waals surface area (Å²) in [4.78, 5) is 0. The maximum atomic E-state index is 9.24. The molecule has 1 aromatic carbocycles. The molecule has 0 aromatic heterocycles. The molecule has 1 unspecified atom stereocenters. The van der Waals surface area contributed by atoms with Crippen LogP contribution in [0.25, 0.3) is 0 Å². The van der Waals surface area contributed by atoms with E-state index in [1.54, 1.807) is 0 Å². The first kappa shape index (κ1) is 14.2. The second-order valence-corrected chi connectivity index (χ2v) is 5.27. The summed E-state index contributed by atoms with van der Waals surface area (Å²) in [6.07, 6.45) is 0. The number of hydrogen-bond acceptors (Lipinski definition) is 3. The zero-order valence-electron chi connectivity index (χ0n) is 10.9. The first-order valence-electron chi connectivity index (χ1n) is 6.01. The number of aliphatic hydroxyl groups excluding tert-OH is 1. The van der Waals surface area contributed by atoms with E-state index >= 15 is 0 Å². The average molecular weight is 237 g/mol. The molecule has 0 spiro atoms. The highest BCUT2D eigenvalue weighted by Crippen LogP contribution is 2.04. The van der Waals surface area contributed by atoms with Crippen molar-refractivity contribution in [3.63, 3.8) is 0 Å². The monoisotopic (exact) mass is 237 g/mol. The van der Waals surface area contributed by atoms with Crippen LogP contribution in [0.1, 0.15) is 26.3 Å². The summed E-state index contributed by atoms with van der Waals surface area (Å²) >= 11 is 0. The van der Waals surface area contributed by atoms with Crippen LogP contribution < -0.4 is 5.32 Å². The molecule has 1 atom stereocenters. The van der Waals surface area contributed by atoms with Crippen molar-refractivity contribution < 1.29 is 9.84 Å². The van der Waals surface area contributed by atoms with Crippen LogP contribution in [0.3, 0.4) is 0 Å². The quantitative estimate of drug-likeness (QED) is 0.794. The molecule has 0 aliphatic heterocycles. The second-order valence-electron chi connectivity index (χ2n) is 5.27. The van der Waals surface area contributed by atoms with Gasteiger partial charge >= 0.3 is 0 Å². The van der Waals surface area contributed by atoms with Crippen molar-refractivity contribution in [1.29, 1.82) is 0 Å². The Morgan fingerprint density at radius 3 is 2.41 bits per heavy atom. The standard InChI is InChI=1S/C14H23NO2/c1-14(2,3)15-13(9-16)11-17-10-12-7-5-4-6-8-12/h4-8,13,15-16H,9-11H2,1-3H3. The first-order valence-corrected chi connectivity index (χ1v) is 6.01. The fraction of sp³-hybridized carbons (Fsp3) is 0.571. The van der Waals surface area contributed by atoms with Gasteiger partial charge in [-0.2, -0.15) is 0 Å². The van der Waals surface area contributed by atoms with Crippen molar-refractivity contribution >= 4 is 0 Å². The minimum atomic E-state index is -0.0151. The van der Waals surface area contributed by atoms with E-state index in [-0.39, 0.29) is 18.2 Å². The van der Waals surface area contributed by atoms with Crippen LogP contribution in [0.5, 0.6) is 0 Å². The van der Waals surface area contributed by atoms with Gasteiger partial charge in [0, 0.05) is 5.54 Å². The SMILES string of the molecule is CC(C)(C)NC(CO)COCc1ccccc1. The number of aliphatic hydroxyl groups is 1. The van der Waals surface area contributed by atoms with E-state index < -0.39 is 0 Å². The first-order chi connectivity index (χ1) is 8.01. The third-order valence-electron chi connectivity index (χ3n) is 2.29. The molecule has 0 radical (unpaired) electrons. The Labute approximate surface area is 104 Å². The number of hydrogen-bond donors (Lipinski definition) is 2. The molecule has 0 amide bonds. The molecule has 96 valence electrons. The maximum Gasteiger partial charge on any atom is 0.0717 e. The fourth-order valence-electron chi connectivity index (χ4n) is 1.65. The zero-order chi connectivity index (χ0) is 12.7. The molecule has 0 aliphatic rings. The lowest BCUT2D eigenvalue weighted by molar-refractivity contribution is 0.0693. The van der Waals surface area contributed by atoms with Crippen LogP contribution in [-0.2, 0) is 11.3 Å². The van der Waals surface area contributed by atoms with Gasteiger partial charge in [-0.3, -0.25) is 0 Å². The van der Waals surface area contributed by atoms with Gasteiger partial charge in [-0.25, -0.2) is 0 Å². The summed E-state index contributed by atoms with van der Waals surface area (Å²) < 4.78 is 5.60. The minimum Gasteiger partial charge on any atom is -0.395 e. The van der Waals surface area contributed by atoms with Gasteiger partial charge in [0.05, 0.1) is 25.9 Å². The van der Waals surface area contributed by atoms with E-state index in [9.17, 15) is 5.11 Å². The van der Waals surface area contributed by atoms with Crippen LogP contribution in [0, 0.1) is 0 Å². The lowest BCUT2D eigenvalue weighted by atomic mass is 10.1. The second kappa shape index (κ2) is 6.74. The molecular weight excluding hydrogens is 214 g/mol. The van der Waals surface area contributed by atoms with E-state index in [1.165, 1.54) is 0 Å². The molecule has 0 saturated heterocycles. The van der Waals surface area contributed by atoms with Gasteiger partial charge in [-0.05, 0) is 26.3 Å². The molecular formula is C14H23NO2. The molecule has 1 rings (SSSR count). The van der Waals surface area contributed by atoms with Gasteiger partial charge in [0.2, 0.25) is 0 Å². The molecule has 0 bridgehead atoms. The Morgan fingerprint density at radius 1 is 1.24 bits per heavy atom. The van der Waals surface area contributed by atoms with Crippen LogP contribution in [-0.4, -0.2) is 29.9 Å². The van der Waals surface area contributed by atoms with Gasteiger partial charge < -0.3 is 15.2 Å². The van der Waals surface area contributed by atoms with Crippen LogP contribution in [0.15, 0.2) is 30.3 Å². The van der Waals surface area contributed by atoms with Crippen molar-refractivity contribution in [1.82, 2.24) is 5.32 Å². The Morgan fingerprint density at radius 2 is 1.88 bits per heavy atom. The molecule has 1 aromatic rings. The predicted octanol–water partition coefficient (Wildman–Crippen LogP) is 1.95. The molecule has 3 heteroatoms. The summed E-state index contributed by atoms with van der Waals surface area (Å²) in [6.45, 7) is 7.42. The zero-order valence-corrected chi connectivity index (χ0v) is 10.9. The lowest BCUT2D eigenvalue weighted by Gasteiger charge is -2.27. The van der Waals surface area contributed by atoms with Gasteiger partial charge in [0.15, 0.2) is 0 Å². The summed E-state index contributed by atoms with van der Waals surface area (Å²) in [5.74, 6) is 0. The van der Waals surface area contributed by atoms with Crippen LogP contribution in [0.4, 0.5) is 0 Å². The topological polar surface area (TPSA) is 41.5 Å². The number of nitrogens with one attached hydrogen (secondary N) is 1. The van der Waals surface area contributed by atoms with E-state index in [0.29, 0.717) is 13.2 Å². The highest BCUT2D eigenvalue weighted by Gasteiger charge is 2.16. The third-order valence-corrected chi connectivity index (χ3v) is 2.29. The van der Waals surface area contributed by atoms with Gasteiger partial charge in [-0.15, -0.1) is 0 Å². The predicted molar refractivity (Wildman–Crippen MR) is 69.9 cm³/mol. The average Bonchev–Trinajstić information content (AvgIpc) is 2.27. The highest BCUT2D eigenvalue weighted by molar-refractivity contribution is 5.13. The van der Waals surface area contributed by atoms with Crippen LogP contribution >= 0.6 is 0 Å². The summed E-state index contributed by atoms with van der Waals surface area (Å²) in [5, 5.41) is 12.6. The molecule has 0 fully saturated rings. The maximum absolute atomic E-state index is 9.24. The molecule has 2 N–H and O–H groups in total. The highest BCUT2D eigenvalue weighted by atomic mass is 16.5. The smallest absolute Gasteiger partial charge is 0.0717 e. The van der Waals surface area contributed by atoms with Crippen molar-refractivity contribution in [3.8, 4) is 0 Å². The lowest BCUT2D eigenvalue weighted by Crippen LogP contribution is -2.47. The molecule has 0 heterocycles. The summed E-state index contributed by atoms with van der Waals surface area (Å²) in [7, 11) is 0. The molecule has 0 saturated carbocycles. The third kappa shape index (κ3) is 6.41. The fourth-order valence-corrected chi connectivity index (χ4v) is 1.65. The number of rotatable bonds is 6. The van der Waals surface area contributed by atoms with Crippen molar-refractivity contribution in [2.75, 3.05) is 13.2 Å². The van der Waals surface area contributed by atoms with Crippen molar-refractivity contribution in [2.45, 2.75) is 39.0 Å². The summed E-state index contributed by atoms with van der Waals surface area (Å²) in [6, 6.07) is 10.0. The Bertz CT molecular complexity index is 306. The number of ether oxygens (including phenoxy) is 1. The summed E-state index contributed by atoms with van der Waals surface area (Å²) in [5.41, 5.74) is 1.14. The van der Waals surface area contributed by atoms with Gasteiger partial charge in [0.1, 0.15) is 0 Å². The van der Waals surface area contributed by atoms with Crippen molar-refractivity contribution in [2.24, 2.45) is 0 Å². The Hall–Kier alpha value is -0.900. The molecule has 17 heavy (non-hydrogen) atoms. The normalized spacial score (nSPS) is 13.6. The van der Waals surface area contributed by atoms with Gasteiger partial charge in [-0.1, -0.05) is 30.3 Å². The molecule has 0 aliphatic carbocycles.